The van der Waals surface area contributed by atoms with Gasteiger partial charge in [-0.1, -0.05) is 23.2 Å². The van der Waals surface area contributed by atoms with Crippen molar-refractivity contribution in [1.82, 2.24) is 4.90 Å². The van der Waals surface area contributed by atoms with Crippen LogP contribution in [0.2, 0.25) is 10.0 Å². The number of benzene rings is 1. The monoisotopic (exact) mass is 318 g/mol. The predicted octanol–water partition coefficient (Wildman–Crippen LogP) is 2.73. The largest absolute Gasteiger partial charge is 0.480 e. The molecule has 7 heteroatoms. The Labute approximate surface area is 127 Å². The molecule has 0 aliphatic carbocycles. The van der Waals surface area contributed by atoms with E-state index in [4.69, 9.17) is 28.3 Å². The minimum Gasteiger partial charge on any atom is -0.480 e. The molecule has 20 heavy (non-hydrogen) atoms. The lowest BCUT2D eigenvalue weighted by Crippen LogP contribution is -2.37. The van der Waals surface area contributed by atoms with Crippen LogP contribution in [0.1, 0.15) is 13.3 Å². The van der Waals surface area contributed by atoms with E-state index >= 15 is 0 Å². The van der Waals surface area contributed by atoms with Gasteiger partial charge in [0.25, 0.3) is 0 Å². The van der Waals surface area contributed by atoms with Crippen LogP contribution >= 0.6 is 23.2 Å². The maximum atomic E-state index is 11.8. The van der Waals surface area contributed by atoms with Crippen molar-refractivity contribution in [2.75, 3.05) is 18.9 Å². The zero-order valence-electron chi connectivity index (χ0n) is 11.2. The van der Waals surface area contributed by atoms with Crippen molar-refractivity contribution in [3.8, 4) is 0 Å². The Kier molecular flexibility index (Phi) is 6.26. The maximum absolute atomic E-state index is 11.8. The third-order valence-corrected chi connectivity index (χ3v) is 3.48. The van der Waals surface area contributed by atoms with Gasteiger partial charge in [-0.2, -0.15) is 0 Å². The van der Waals surface area contributed by atoms with Gasteiger partial charge in [0, 0.05) is 18.0 Å². The molecule has 1 amide bonds. The second-order valence-electron chi connectivity index (χ2n) is 4.42. The van der Waals surface area contributed by atoms with E-state index in [9.17, 15) is 9.59 Å². The molecule has 0 aliphatic rings. The average molecular weight is 319 g/mol. The van der Waals surface area contributed by atoms with Crippen LogP contribution in [-0.2, 0) is 9.59 Å². The van der Waals surface area contributed by atoms with Gasteiger partial charge in [-0.15, -0.1) is 0 Å². The molecule has 1 rings (SSSR count). The van der Waals surface area contributed by atoms with Gasteiger partial charge in [-0.3, -0.25) is 14.5 Å². The molecular formula is C13H16Cl2N2O3. The number of carbonyl (C=O) groups is 2. The van der Waals surface area contributed by atoms with Crippen molar-refractivity contribution in [2.24, 2.45) is 0 Å². The van der Waals surface area contributed by atoms with Gasteiger partial charge >= 0.3 is 5.97 Å². The fraction of sp³-hybridized carbons (Fsp3) is 0.385. The number of hydrogen-bond acceptors (Lipinski definition) is 3. The van der Waals surface area contributed by atoms with E-state index in [1.807, 2.05) is 0 Å². The molecule has 0 spiro atoms. The Morgan fingerprint density at radius 1 is 1.40 bits per heavy atom. The number of anilines is 1. The summed E-state index contributed by atoms with van der Waals surface area (Å²) in [6.45, 7) is 1.89. The van der Waals surface area contributed by atoms with E-state index in [1.165, 1.54) is 0 Å². The second kappa shape index (κ2) is 7.47. The van der Waals surface area contributed by atoms with Gasteiger partial charge in [0.15, 0.2) is 0 Å². The highest BCUT2D eigenvalue weighted by molar-refractivity contribution is 6.35. The van der Waals surface area contributed by atoms with E-state index in [0.29, 0.717) is 22.3 Å². The number of hydrogen-bond donors (Lipinski definition) is 2. The van der Waals surface area contributed by atoms with Crippen LogP contribution in [0.3, 0.4) is 0 Å². The van der Waals surface area contributed by atoms with Crippen LogP contribution in [0.15, 0.2) is 18.2 Å². The third kappa shape index (κ3) is 5.00. The standard InChI is InChI=1S/C13H16Cl2N2O3/c1-8(13(19)20)17(2)6-5-12(18)16-11-7-9(14)3-4-10(11)15/h3-4,7-8H,5-6H2,1-2H3,(H,16,18)(H,19,20). The Hall–Kier alpha value is -1.30. The highest BCUT2D eigenvalue weighted by Gasteiger charge is 2.17. The number of rotatable bonds is 6. The van der Waals surface area contributed by atoms with E-state index in [-0.39, 0.29) is 12.3 Å². The highest BCUT2D eigenvalue weighted by atomic mass is 35.5. The lowest BCUT2D eigenvalue weighted by molar-refractivity contribution is -0.142. The van der Waals surface area contributed by atoms with Crippen molar-refractivity contribution < 1.29 is 14.7 Å². The molecule has 0 saturated carbocycles. The molecule has 0 heterocycles. The Morgan fingerprint density at radius 3 is 2.65 bits per heavy atom. The van der Waals surface area contributed by atoms with Crippen molar-refractivity contribution >= 4 is 40.8 Å². The van der Waals surface area contributed by atoms with E-state index in [2.05, 4.69) is 5.32 Å². The first-order chi connectivity index (χ1) is 9.31. The van der Waals surface area contributed by atoms with Crippen LogP contribution < -0.4 is 5.32 Å². The Morgan fingerprint density at radius 2 is 2.05 bits per heavy atom. The Bertz CT molecular complexity index is 508. The molecule has 1 aromatic rings. The molecule has 5 nitrogen and oxygen atoms in total. The number of halogens is 2. The van der Waals surface area contributed by atoms with Gasteiger partial charge in [-0.25, -0.2) is 0 Å². The molecule has 0 aliphatic heterocycles. The smallest absolute Gasteiger partial charge is 0.320 e. The molecule has 0 aromatic heterocycles. The Balaban J connectivity index is 2.52. The number of likely N-dealkylation sites (N-methyl/N-ethyl adjacent to an activating group) is 1. The molecule has 0 saturated heterocycles. The average Bonchev–Trinajstić information content (AvgIpc) is 2.39. The van der Waals surface area contributed by atoms with Crippen molar-refractivity contribution in [1.29, 1.82) is 0 Å². The molecule has 0 fully saturated rings. The molecule has 0 radical (unpaired) electrons. The van der Waals surface area contributed by atoms with E-state index in [1.54, 1.807) is 37.1 Å². The first-order valence-corrected chi connectivity index (χ1v) is 6.75. The first-order valence-electron chi connectivity index (χ1n) is 5.99. The molecule has 110 valence electrons. The number of amides is 1. The summed E-state index contributed by atoms with van der Waals surface area (Å²) in [5, 5.41) is 12.4. The van der Waals surface area contributed by atoms with Crippen LogP contribution in [0.5, 0.6) is 0 Å². The molecule has 1 atom stereocenters. The number of carbonyl (C=O) groups excluding carboxylic acids is 1. The summed E-state index contributed by atoms with van der Waals surface area (Å²) in [4.78, 5) is 24.2. The van der Waals surface area contributed by atoms with Crippen LogP contribution in [-0.4, -0.2) is 41.5 Å². The minimum absolute atomic E-state index is 0.164. The summed E-state index contributed by atoms with van der Waals surface area (Å²) >= 11 is 11.8. The maximum Gasteiger partial charge on any atom is 0.320 e. The molecule has 2 N–H and O–H groups in total. The third-order valence-electron chi connectivity index (χ3n) is 2.91. The molecule has 1 aromatic carbocycles. The SMILES string of the molecule is CC(C(=O)O)N(C)CCC(=O)Nc1cc(Cl)ccc1Cl. The van der Waals surface area contributed by atoms with Gasteiger partial charge < -0.3 is 10.4 Å². The summed E-state index contributed by atoms with van der Waals surface area (Å²) in [5.74, 6) is -1.18. The normalized spacial score (nSPS) is 12.2. The number of aliphatic carboxylic acids is 1. The summed E-state index contributed by atoms with van der Waals surface area (Å²) in [5.41, 5.74) is 0.443. The van der Waals surface area contributed by atoms with Crippen molar-refractivity contribution in [3.63, 3.8) is 0 Å². The second-order valence-corrected chi connectivity index (χ2v) is 5.26. The van der Waals surface area contributed by atoms with Gasteiger partial charge in [0.2, 0.25) is 5.91 Å². The summed E-state index contributed by atoms with van der Waals surface area (Å²) in [7, 11) is 1.65. The van der Waals surface area contributed by atoms with Crippen molar-refractivity contribution in [3.05, 3.63) is 28.2 Å². The van der Waals surface area contributed by atoms with Gasteiger partial charge in [-0.05, 0) is 32.2 Å². The van der Waals surface area contributed by atoms with Crippen LogP contribution in [0.25, 0.3) is 0 Å². The summed E-state index contributed by atoms with van der Waals surface area (Å²) in [6, 6.07) is 4.14. The van der Waals surface area contributed by atoms with Crippen LogP contribution in [0.4, 0.5) is 5.69 Å². The molecule has 0 bridgehead atoms. The fourth-order valence-corrected chi connectivity index (χ4v) is 1.80. The topological polar surface area (TPSA) is 69.6 Å². The fourth-order valence-electron chi connectivity index (χ4n) is 1.47. The van der Waals surface area contributed by atoms with Gasteiger partial charge in [0.05, 0.1) is 10.7 Å². The zero-order chi connectivity index (χ0) is 15.3. The van der Waals surface area contributed by atoms with Gasteiger partial charge in [0.1, 0.15) is 6.04 Å². The lowest BCUT2D eigenvalue weighted by Gasteiger charge is -2.20. The predicted molar refractivity (Wildman–Crippen MR) is 79.4 cm³/mol. The van der Waals surface area contributed by atoms with Crippen molar-refractivity contribution in [2.45, 2.75) is 19.4 Å². The summed E-state index contributed by atoms with van der Waals surface area (Å²) < 4.78 is 0. The number of carboxylic acid groups (broad SMARTS) is 1. The zero-order valence-corrected chi connectivity index (χ0v) is 12.7. The van der Waals surface area contributed by atoms with E-state index in [0.717, 1.165) is 0 Å². The molecule has 1 unspecified atom stereocenters. The number of carboxylic acids is 1. The lowest BCUT2D eigenvalue weighted by atomic mass is 10.2. The number of nitrogens with one attached hydrogen (secondary N) is 1. The highest BCUT2D eigenvalue weighted by Crippen LogP contribution is 2.25. The minimum atomic E-state index is -0.925. The molecular weight excluding hydrogens is 303 g/mol. The van der Waals surface area contributed by atoms with E-state index < -0.39 is 12.0 Å². The van der Waals surface area contributed by atoms with Crippen LogP contribution in [0, 0.1) is 0 Å². The first kappa shape index (κ1) is 16.8. The summed E-state index contributed by atoms with van der Waals surface area (Å²) in [6.07, 6.45) is 0.164. The quantitative estimate of drug-likeness (QED) is 0.846. The number of nitrogens with zero attached hydrogens (tertiary/aromatic N) is 1.